The van der Waals surface area contributed by atoms with Gasteiger partial charge in [0.2, 0.25) is 10.0 Å². The number of nitrogens with two attached hydrogens (primary N) is 1. The number of benzene rings is 1. The van der Waals surface area contributed by atoms with Crippen molar-refractivity contribution in [3.05, 3.63) is 34.6 Å². The number of hydrogen-bond acceptors (Lipinski definition) is 3. The van der Waals surface area contributed by atoms with E-state index < -0.39 is 20.7 Å². The number of nitrogen functional groups attached to an aromatic ring is 1. The summed E-state index contributed by atoms with van der Waals surface area (Å²) in [5.74, 6) is -1.00. The van der Waals surface area contributed by atoms with Crippen LogP contribution in [0.1, 0.15) is 13.8 Å². The van der Waals surface area contributed by atoms with Crippen LogP contribution in [0.2, 0.25) is 5.02 Å². The van der Waals surface area contributed by atoms with Crippen molar-refractivity contribution >= 4 is 27.3 Å². The van der Waals surface area contributed by atoms with Gasteiger partial charge in [0, 0.05) is 12.2 Å². The third-order valence-electron chi connectivity index (χ3n) is 2.09. The van der Waals surface area contributed by atoms with Gasteiger partial charge in [-0.25, -0.2) is 17.5 Å². The highest BCUT2D eigenvalue weighted by Crippen LogP contribution is 2.25. The van der Waals surface area contributed by atoms with E-state index in [1.807, 2.05) is 13.8 Å². The molecule has 0 aromatic heterocycles. The molecule has 3 N–H and O–H groups in total. The molecule has 0 aliphatic rings. The average molecular weight is 293 g/mol. The number of nitrogens with one attached hydrogen (secondary N) is 1. The first-order chi connectivity index (χ1) is 8.24. The predicted molar refractivity (Wildman–Crippen MR) is 70.4 cm³/mol. The van der Waals surface area contributed by atoms with Crippen LogP contribution < -0.4 is 10.5 Å². The average Bonchev–Trinajstić information content (AvgIpc) is 2.22. The summed E-state index contributed by atoms with van der Waals surface area (Å²) < 4.78 is 39.6. The van der Waals surface area contributed by atoms with Crippen LogP contribution in [-0.2, 0) is 10.0 Å². The van der Waals surface area contributed by atoms with Gasteiger partial charge >= 0.3 is 0 Å². The number of sulfonamides is 1. The molecule has 0 saturated carbocycles. The summed E-state index contributed by atoms with van der Waals surface area (Å²) in [5, 5.41) is -0.322. The van der Waals surface area contributed by atoms with Gasteiger partial charge in [0.05, 0.1) is 5.02 Å². The SMILES string of the molecule is CC(C)=CCNS(=O)(=O)c1cc(N)cc(Cl)c1F. The zero-order valence-corrected chi connectivity index (χ0v) is 11.6. The maximum atomic E-state index is 13.6. The molecule has 1 aromatic carbocycles. The van der Waals surface area contributed by atoms with Gasteiger partial charge in [-0.2, -0.15) is 0 Å². The first-order valence-electron chi connectivity index (χ1n) is 5.11. The Labute approximate surface area is 111 Å². The molecule has 0 saturated heterocycles. The second-order valence-electron chi connectivity index (χ2n) is 3.95. The Balaban J connectivity index is 3.09. The zero-order valence-electron chi connectivity index (χ0n) is 10.00. The highest BCUT2D eigenvalue weighted by atomic mass is 35.5. The fraction of sp³-hybridized carbons (Fsp3) is 0.273. The number of halogens is 2. The van der Waals surface area contributed by atoms with E-state index in [-0.39, 0.29) is 17.3 Å². The third-order valence-corrected chi connectivity index (χ3v) is 3.79. The largest absolute Gasteiger partial charge is 0.399 e. The van der Waals surface area contributed by atoms with Crippen molar-refractivity contribution in [2.75, 3.05) is 12.3 Å². The van der Waals surface area contributed by atoms with Crippen LogP contribution in [0.4, 0.5) is 10.1 Å². The minimum atomic E-state index is -3.97. The van der Waals surface area contributed by atoms with Gasteiger partial charge in [0.15, 0.2) is 5.82 Å². The summed E-state index contributed by atoms with van der Waals surface area (Å²) in [6, 6.07) is 2.19. The summed E-state index contributed by atoms with van der Waals surface area (Å²) in [5.41, 5.74) is 6.48. The van der Waals surface area contributed by atoms with E-state index in [0.29, 0.717) is 0 Å². The summed E-state index contributed by atoms with van der Waals surface area (Å²) in [6.07, 6.45) is 1.67. The lowest BCUT2D eigenvalue weighted by molar-refractivity contribution is 0.560. The molecule has 0 aliphatic carbocycles. The van der Waals surface area contributed by atoms with Gasteiger partial charge in [-0.15, -0.1) is 0 Å². The molecule has 100 valence electrons. The zero-order chi connectivity index (χ0) is 13.9. The minimum Gasteiger partial charge on any atom is -0.399 e. The topological polar surface area (TPSA) is 72.2 Å². The quantitative estimate of drug-likeness (QED) is 0.661. The Morgan fingerprint density at radius 3 is 2.67 bits per heavy atom. The van der Waals surface area contributed by atoms with Gasteiger partial charge in [-0.1, -0.05) is 23.3 Å². The van der Waals surface area contributed by atoms with Crippen molar-refractivity contribution < 1.29 is 12.8 Å². The monoisotopic (exact) mass is 292 g/mol. The molecule has 0 bridgehead atoms. The van der Waals surface area contributed by atoms with E-state index in [9.17, 15) is 12.8 Å². The Bertz CT molecular complexity index is 581. The fourth-order valence-corrected chi connectivity index (χ4v) is 2.59. The normalized spacial score (nSPS) is 11.3. The molecular formula is C11H14ClFN2O2S. The van der Waals surface area contributed by atoms with E-state index in [2.05, 4.69) is 4.72 Å². The number of rotatable bonds is 4. The second-order valence-corrected chi connectivity index (χ2v) is 6.09. The molecule has 0 fully saturated rings. The van der Waals surface area contributed by atoms with Crippen LogP contribution in [-0.4, -0.2) is 15.0 Å². The van der Waals surface area contributed by atoms with Crippen molar-refractivity contribution in [3.8, 4) is 0 Å². The van der Waals surface area contributed by atoms with Crippen LogP contribution in [0.15, 0.2) is 28.7 Å². The van der Waals surface area contributed by atoms with Crippen molar-refractivity contribution in [1.82, 2.24) is 4.72 Å². The highest BCUT2D eigenvalue weighted by molar-refractivity contribution is 7.89. The van der Waals surface area contributed by atoms with Crippen molar-refractivity contribution in [2.24, 2.45) is 0 Å². The van der Waals surface area contributed by atoms with E-state index >= 15 is 0 Å². The first-order valence-corrected chi connectivity index (χ1v) is 6.97. The van der Waals surface area contributed by atoms with Gasteiger partial charge in [0.1, 0.15) is 4.90 Å². The standard InChI is InChI=1S/C11H14ClFN2O2S/c1-7(2)3-4-15-18(16,17)10-6-8(14)5-9(12)11(10)13/h3,5-6,15H,4,14H2,1-2H3. The molecule has 0 radical (unpaired) electrons. The van der Waals surface area contributed by atoms with Crippen LogP contribution in [0.5, 0.6) is 0 Å². The molecule has 4 nitrogen and oxygen atoms in total. The third kappa shape index (κ3) is 3.69. The van der Waals surface area contributed by atoms with Crippen LogP contribution in [0.3, 0.4) is 0 Å². The number of hydrogen-bond donors (Lipinski definition) is 2. The molecule has 1 rings (SSSR count). The molecule has 0 heterocycles. The molecule has 0 atom stereocenters. The predicted octanol–water partition coefficient (Wildman–Crippen LogP) is 2.31. The minimum absolute atomic E-state index is 0.0799. The van der Waals surface area contributed by atoms with Crippen LogP contribution >= 0.6 is 11.6 Å². The van der Waals surface area contributed by atoms with E-state index in [4.69, 9.17) is 17.3 Å². The lowest BCUT2D eigenvalue weighted by atomic mass is 10.3. The summed E-state index contributed by atoms with van der Waals surface area (Å²) in [4.78, 5) is -0.547. The first kappa shape index (κ1) is 14.9. The van der Waals surface area contributed by atoms with E-state index in [1.165, 1.54) is 0 Å². The van der Waals surface area contributed by atoms with Gasteiger partial charge in [0.25, 0.3) is 0 Å². The molecule has 0 aliphatic heterocycles. The maximum absolute atomic E-state index is 13.6. The lowest BCUT2D eigenvalue weighted by Crippen LogP contribution is -2.25. The van der Waals surface area contributed by atoms with Gasteiger partial charge in [-0.05, 0) is 26.0 Å². The van der Waals surface area contributed by atoms with Crippen molar-refractivity contribution in [1.29, 1.82) is 0 Å². The lowest BCUT2D eigenvalue weighted by Gasteiger charge is -2.08. The van der Waals surface area contributed by atoms with Gasteiger partial charge < -0.3 is 5.73 Å². The summed E-state index contributed by atoms with van der Waals surface area (Å²) in [6.45, 7) is 3.73. The van der Waals surface area contributed by atoms with E-state index in [0.717, 1.165) is 17.7 Å². The van der Waals surface area contributed by atoms with Crippen LogP contribution in [0, 0.1) is 5.82 Å². The summed E-state index contributed by atoms with van der Waals surface area (Å²) in [7, 11) is -3.97. The highest BCUT2D eigenvalue weighted by Gasteiger charge is 2.21. The van der Waals surface area contributed by atoms with Gasteiger partial charge in [-0.3, -0.25) is 0 Å². The number of allylic oxidation sites excluding steroid dienone is 1. The molecule has 0 unspecified atom stereocenters. The van der Waals surface area contributed by atoms with E-state index in [1.54, 1.807) is 6.08 Å². The molecule has 0 spiro atoms. The second kappa shape index (κ2) is 5.69. The number of anilines is 1. The smallest absolute Gasteiger partial charge is 0.243 e. The Morgan fingerprint density at radius 2 is 2.11 bits per heavy atom. The molecule has 0 amide bonds. The van der Waals surface area contributed by atoms with Crippen molar-refractivity contribution in [3.63, 3.8) is 0 Å². The van der Waals surface area contributed by atoms with Crippen molar-refractivity contribution in [2.45, 2.75) is 18.7 Å². The Morgan fingerprint density at radius 1 is 1.50 bits per heavy atom. The molecule has 1 aromatic rings. The summed E-state index contributed by atoms with van der Waals surface area (Å²) >= 11 is 5.55. The molecule has 18 heavy (non-hydrogen) atoms. The van der Waals surface area contributed by atoms with Crippen LogP contribution in [0.25, 0.3) is 0 Å². The Kier molecular flexibility index (Phi) is 4.72. The maximum Gasteiger partial charge on any atom is 0.243 e. The molecular weight excluding hydrogens is 279 g/mol. The Hall–Kier alpha value is -1.11. The molecule has 7 heteroatoms. The fourth-order valence-electron chi connectivity index (χ4n) is 1.21.